The Kier molecular flexibility index (Phi) is 3.69. The molecule has 0 aromatic heterocycles. The number of hydrogen-bond donors (Lipinski definition) is 1. The predicted octanol–water partition coefficient (Wildman–Crippen LogP) is 0.380. The summed E-state index contributed by atoms with van der Waals surface area (Å²) >= 11 is 0. The van der Waals surface area contributed by atoms with Gasteiger partial charge in [-0.25, -0.2) is 0 Å². The zero-order chi connectivity index (χ0) is 9.07. The average molecular weight is 160 g/mol. The fourth-order valence-corrected chi connectivity index (χ4v) is 0.715. The number of aliphatic hydroxyl groups excluding tert-OH is 1. The van der Waals surface area contributed by atoms with E-state index in [2.05, 4.69) is 0 Å². The third-order valence-electron chi connectivity index (χ3n) is 2.09. The molecule has 11 heavy (non-hydrogen) atoms. The summed E-state index contributed by atoms with van der Waals surface area (Å²) in [7, 11) is 3.82. The minimum Gasteiger partial charge on any atom is -0.344 e. The highest BCUT2D eigenvalue weighted by Crippen LogP contribution is 2.07. The Bertz CT molecular complexity index is 143. The molecule has 3 heteroatoms. The number of nitrogens with zero attached hydrogens (tertiary/aromatic N) is 1. The first-order valence-electron chi connectivity index (χ1n) is 3.90. The third kappa shape index (κ3) is 3.49. The van der Waals surface area contributed by atoms with Gasteiger partial charge >= 0.3 is 0 Å². The van der Waals surface area contributed by atoms with Gasteiger partial charge in [-0.15, -0.1) is 0 Å². The fraction of sp³-hybridized carbons (Fsp3) is 0.875. The van der Waals surface area contributed by atoms with Crippen molar-refractivity contribution in [2.45, 2.75) is 26.5 Å². The van der Waals surface area contributed by atoms with Crippen LogP contribution < -0.4 is 0 Å². The van der Waals surface area contributed by atoms with Gasteiger partial charge in [0.2, 0.25) is 0 Å². The maximum atomic E-state index is 10.6. The Morgan fingerprint density at radius 1 is 1.55 bits per heavy atom. The molecule has 0 aliphatic heterocycles. The lowest BCUT2D eigenvalue weighted by Crippen LogP contribution is -2.49. The average Bonchev–Trinajstić information content (AvgIpc) is 1.86. The highest BCUT2D eigenvalue weighted by atomic mass is 16.3. The van der Waals surface area contributed by atoms with Crippen molar-refractivity contribution in [3.8, 4) is 0 Å². The highest BCUT2D eigenvalue weighted by molar-refractivity contribution is 5.75. The van der Waals surface area contributed by atoms with Gasteiger partial charge in [-0.1, -0.05) is 0 Å². The molecule has 1 unspecified atom stereocenters. The molecule has 0 aliphatic carbocycles. The number of quaternary nitrogens is 1. The second-order valence-corrected chi connectivity index (χ2v) is 3.48. The molecule has 0 bridgehead atoms. The lowest BCUT2D eigenvalue weighted by Gasteiger charge is -2.32. The van der Waals surface area contributed by atoms with Gasteiger partial charge < -0.3 is 9.59 Å². The van der Waals surface area contributed by atoms with Gasteiger partial charge in [0, 0.05) is 0 Å². The normalized spacial score (nSPS) is 14.6. The Balaban J connectivity index is 4.01. The highest BCUT2D eigenvalue weighted by Gasteiger charge is 2.24. The van der Waals surface area contributed by atoms with Crippen LogP contribution in [0.3, 0.4) is 0 Å². The van der Waals surface area contributed by atoms with E-state index in [4.69, 9.17) is 0 Å². The first-order chi connectivity index (χ1) is 4.90. The minimum atomic E-state index is -0.558. The van der Waals surface area contributed by atoms with Crippen LogP contribution in [0.25, 0.3) is 0 Å². The minimum absolute atomic E-state index is 0.0390. The molecule has 0 aromatic rings. The van der Waals surface area contributed by atoms with Crippen molar-refractivity contribution in [1.82, 2.24) is 0 Å². The summed E-state index contributed by atoms with van der Waals surface area (Å²) in [6, 6.07) is 0. The predicted molar refractivity (Wildman–Crippen MR) is 44.0 cm³/mol. The van der Waals surface area contributed by atoms with E-state index >= 15 is 0 Å². The Labute approximate surface area is 68.2 Å². The Morgan fingerprint density at radius 3 is 2.27 bits per heavy atom. The van der Waals surface area contributed by atoms with Gasteiger partial charge in [-0.2, -0.15) is 0 Å². The van der Waals surface area contributed by atoms with Crippen LogP contribution in [0.15, 0.2) is 0 Å². The fourth-order valence-electron chi connectivity index (χ4n) is 0.715. The van der Waals surface area contributed by atoms with Gasteiger partial charge in [-0.05, 0) is 13.8 Å². The molecule has 0 saturated carbocycles. The first kappa shape index (κ1) is 10.6. The lowest BCUT2D eigenvalue weighted by molar-refractivity contribution is -0.934. The number of hydrogen-bond acceptors (Lipinski definition) is 2. The van der Waals surface area contributed by atoms with Crippen molar-refractivity contribution in [1.29, 1.82) is 0 Å². The van der Waals surface area contributed by atoms with E-state index in [9.17, 15) is 9.90 Å². The molecule has 0 aromatic carbocycles. The quantitative estimate of drug-likeness (QED) is 0.477. The number of aliphatic hydroxyl groups is 1. The number of carbonyl (C=O) groups is 1. The number of Topliss-reactive ketones (excluding diaryl/α,β-unsaturated/α-hetero) is 1. The number of carbonyl (C=O) groups excluding carboxylic acids is 1. The van der Waals surface area contributed by atoms with Crippen LogP contribution in [0.4, 0.5) is 0 Å². The zero-order valence-corrected chi connectivity index (χ0v) is 7.79. The van der Waals surface area contributed by atoms with E-state index in [1.165, 1.54) is 6.92 Å². The molecule has 0 saturated heterocycles. The van der Waals surface area contributed by atoms with Crippen molar-refractivity contribution >= 4 is 5.78 Å². The van der Waals surface area contributed by atoms with E-state index in [0.29, 0.717) is 4.48 Å². The summed E-state index contributed by atoms with van der Waals surface area (Å²) in [4.78, 5) is 10.6. The monoisotopic (exact) mass is 160 g/mol. The molecule has 0 heterocycles. The molecule has 0 rings (SSSR count). The molecular weight excluding hydrogens is 142 g/mol. The topological polar surface area (TPSA) is 37.3 Å². The standard InChI is InChI=1S/C8H18NO2/c1-5-9(3,4)8(11)6-7(2)10/h8,11H,5-6H2,1-4H3/q+1. The van der Waals surface area contributed by atoms with Gasteiger partial charge in [0.15, 0.2) is 6.23 Å². The van der Waals surface area contributed by atoms with Crippen LogP contribution in [0.2, 0.25) is 0 Å². The van der Waals surface area contributed by atoms with Gasteiger partial charge in [0.1, 0.15) is 5.78 Å². The van der Waals surface area contributed by atoms with Crippen LogP contribution in [0, 0.1) is 0 Å². The summed E-state index contributed by atoms with van der Waals surface area (Å²) in [5.74, 6) is 0.0390. The summed E-state index contributed by atoms with van der Waals surface area (Å²) in [6.45, 7) is 4.32. The maximum Gasteiger partial charge on any atom is 0.197 e. The number of rotatable bonds is 4. The third-order valence-corrected chi connectivity index (χ3v) is 2.09. The van der Waals surface area contributed by atoms with Crippen molar-refractivity contribution in [3.63, 3.8) is 0 Å². The maximum absolute atomic E-state index is 10.6. The van der Waals surface area contributed by atoms with E-state index in [1.807, 2.05) is 21.0 Å². The summed E-state index contributed by atoms with van der Waals surface area (Å²) in [6.07, 6.45) is -0.307. The van der Waals surface area contributed by atoms with Crippen molar-refractivity contribution < 1.29 is 14.4 Å². The Hall–Kier alpha value is -0.410. The first-order valence-corrected chi connectivity index (χ1v) is 3.90. The molecule has 3 nitrogen and oxygen atoms in total. The summed E-state index contributed by atoms with van der Waals surface area (Å²) in [5, 5.41) is 9.50. The van der Waals surface area contributed by atoms with Crippen LogP contribution in [-0.4, -0.2) is 42.2 Å². The van der Waals surface area contributed by atoms with E-state index in [1.54, 1.807) is 0 Å². The molecule has 0 amide bonds. The van der Waals surface area contributed by atoms with Crippen molar-refractivity contribution in [2.75, 3.05) is 20.6 Å². The van der Waals surface area contributed by atoms with Crippen molar-refractivity contribution in [2.24, 2.45) is 0 Å². The summed E-state index contributed by atoms with van der Waals surface area (Å²) < 4.78 is 0.486. The molecular formula is C8H18NO2+. The second kappa shape index (κ2) is 3.83. The largest absolute Gasteiger partial charge is 0.344 e. The number of ketones is 1. The zero-order valence-electron chi connectivity index (χ0n) is 7.79. The van der Waals surface area contributed by atoms with Crippen molar-refractivity contribution in [3.05, 3.63) is 0 Å². The van der Waals surface area contributed by atoms with Gasteiger partial charge in [0.25, 0.3) is 0 Å². The van der Waals surface area contributed by atoms with E-state index in [0.717, 1.165) is 6.54 Å². The molecule has 0 fully saturated rings. The van der Waals surface area contributed by atoms with Crippen LogP contribution in [0.5, 0.6) is 0 Å². The summed E-state index contributed by atoms with van der Waals surface area (Å²) in [5.41, 5.74) is 0. The molecule has 0 aliphatic rings. The van der Waals surface area contributed by atoms with Crippen LogP contribution in [0.1, 0.15) is 20.3 Å². The smallest absolute Gasteiger partial charge is 0.197 e. The van der Waals surface area contributed by atoms with E-state index in [-0.39, 0.29) is 12.2 Å². The van der Waals surface area contributed by atoms with Gasteiger partial charge in [0.05, 0.1) is 27.1 Å². The lowest BCUT2D eigenvalue weighted by atomic mass is 10.2. The SMILES string of the molecule is CC[N+](C)(C)C(O)CC(C)=O. The molecule has 0 radical (unpaired) electrons. The van der Waals surface area contributed by atoms with Crippen LogP contribution in [-0.2, 0) is 4.79 Å². The second-order valence-electron chi connectivity index (χ2n) is 3.48. The molecule has 66 valence electrons. The van der Waals surface area contributed by atoms with Gasteiger partial charge in [-0.3, -0.25) is 4.79 Å². The molecule has 0 spiro atoms. The Morgan fingerprint density at radius 2 is 2.00 bits per heavy atom. The van der Waals surface area contributed by atoms with E-state index < -0.39 is 6.23 Å². The molecule has 1 N–H and O–H groups in total. The van der Waals surface area contributed by atoms with Crippen LogP contribution >= 0.6 is 0 Å². The molecule has 1 atom stereocenters.